The molecular formula is C24H34N4. The minimum Gasteiger partial charge on any atom is -0.371 e. The van der Waals surface area contributed by atoms with Crippen molar-refractivity contribution in [3.05, 3.63) is 59.4 Å². The van der Waals surface area contributed by atoms with E-state index in [1.54, 1.807) is 0 Å². The minimum absolute atomic E-state index is 0.750. The predicted octanol–water partition coefficient (Wildman–Crippen LogP) is 3.88. The fourth-order valence-corrected chi connectivity index (χ4v) is 4.81. The summed E-state index contributed by atoms with van der Waals surface area (Å²) in [5, 5.41) is 0. The first-order chi connectivity index (χ1) is 13.7. The van der Waals surface area contributed by atoms with Crippen LogP contribution < -0.4 is 4.90 Å². The van der Waals surface area contributed by atoms with Crippen molar-refractivity contribution in [1.82, 2.24) is 14.8 Å². The zero-order valence-corrected chi connectivity index (χ0v) is 17.5. The molecule has 4 nitrogen and oxygen atoms in total. The average molecular weight is 379 g/mol. The van der Waals surface area contributed by atoms with E-state index in [-0.39, 0.29) is 0 Å². The molecule has 4 heteroatoms. The van der Waals surface area contributed by atoms with E-state index < -0.39 is 0 Å². The van der Waals surface area contributed by atoms with Crippen molar-refractivity contribution in [2.75, 3.05) is 44.2 Å². The molecule has 2 aliphatic rings. The number of pyridine rings is 1. The number of aromatic nitrogens is 1. The van der Waals surface area contributed by atoms with Crippen molar-refractivity contribution in [3.63, 3.8) is 0 Å². The summed E-state index contributed by atoms with van der Waals surface area (Å²) in [6.45, 7) is 12.7. The molecule has 2 aromatic rings. The third-order valence-corrected chi connectivity index (χ3v) is 6.65. The largest absolute Gasteiger partial charge is 0.371 e. The molecule has 28 heavy (non-hydrogen) atoms. The molecule has 1 aromatic heterocycles. The van der Waals surface area contributed by atoms with E-state index in [2.05, 4.69) is 57.8 Å². The van der Waals surface area contributed by atoms with Gasteiger partial charge >= 0.3 is 0 Å². The topological polar surface area (TPSA) is 22.6 Å². The first kappa shape index (κ1) is 19.4. The van der Waals surface area contributed by atoms with Gasteiger partial charge in [0.15, 0.2) is 0 Å². The monoisotopic (exact) mass is 378 g/mol. The molecule has 0 bridgehead atoms. The van der Waals surface area contributed by atoms with Crippen molar-refractivity contribution in [2.24, 2.45) is 0 Å². The number of benzene rings is 1. The molecule has 2 saturated heterocycles. The Balaban J connectivity index is 1.29. The van der Waals surface area contributed by atoms with Gasteiger partial charge in [0.05, 0.1) is 0 Å². The van der Waals surface area contributed by atoms with Crippen molar-refractivity contribution < 1.29 is 0 Å². The molecule has 0 spiro atoms. The molecule has 2 fully saturated rings. The second kappa shape index (κ2) is 9.06. The summed E-state index contributed by atoms with van der Waals surface area (Å²) in [7, 11) is 0. The molecule has 3 heterocycles. The van der Waals surface area contributed by atoms with E-state index in [9.17, 15) is 0 Å². The number of anilines is 1. The van der Waals surface area contributed by atoms with Crippen LogP contribution in [0.3, 0.4) is 0 Å². The van der Waals surface area contributed by atoms with Crippen molar-refractivity contribution in [2.45, 2.75) is 45.7 Å². The summed E-state index contributed by atoms with van der Waals surface area (Å²) in [6.07, 6.45) is 7.72. The fraction of sp³-hybridized carbons (Fsp3) is 0.542. The van der Waals surface area contributed by atoms with Gasteiger partial charge in [0, 0.05) is 56.8 Å². The van der Waals surface area contributed by atoms with Crippen LogP contribution in [0.4, 0.5) is 5.69 Å². The van der Waals surface area contributed by atoms with E-state index in [0.717, 1.165) is 12.6 Å². The fourth-order valence-electron chi connectivity index (χ4n) is 4.81. The molecule has 2 aliphatic heterocycles. The van der Waals surface area contributed by atoms with Gasteiger partial charge in [0.25, 0.3) is 0 Å². The molecule has 0 saturated carbocycles. The van der Waals surface area contributed by atoms with Crippen LogP contribution in [0.5, 0.6) is 0 Å². The van der Waals surface area contributed by atoms with E-state index in [0.29, 0.717) is 0 Å². The Morgan fingerprint density at radius 2 is 1.79 bits per heavy atom. The minimum atomic E-state index is 0.750. The Labute approximate surface area is 170 Å². The highest BCUT2D eigenvalue weighted by atomic mass is 15.2. The lowest BCUT2D eigenvalue weighted by Gasteiger charge is -2.39. The first-order valence-corrected chi connectivity index (χ1v) is 10.9. The molecule has 0 amide bonds. The number of rotatable bonds is 4. The zero-order valence-electron chi connectivity index (χ0n) is 17.5. The normalized spacial score (nSPS) is 20.3. The van der Waals surface area contributed by atoms with Gasteiger partial charge < -0.3 is 4.90 Å². The molecule has 150 valence electrons. The second-order valence-corrected chi connectivity index (χ2v) is 8.46. The molecule has 0 aliphatic carbocycles. The number of hydrogen-bond acceptors (Lipinski definition) is 4. The molecule has 0 N–H and O–H groups in total. The van der Waals surface area contributed by atoms with Crippen LogP contribution in [0.1, 0.15) is 36.0 Å². The van der Waals surface area contributed by atoms with Gasteiger partial charge in [-0.2, -0.15) is 0 Å². The Morgan fingerprint density at radius 1 is 0.929 bits per heavy atom. The summed E-state index contributed by atoms with van der Waals surface area (Å²) >= 11 is 0. The smallest absolute Gasteiger partial charge is 0.0398 e. The SMILES string of the molecule is Cc1cccc(N2CCC(N3CCCN(Cc4cccnc4)CC3)CC2)c1C. The Morgan fingerprint density at radius 3 is 2.57 bits per heavy atom. The summed E-state index contributed by atoms with van der Waals surface area (Å²) in [4.78, 5) is 12.2. The number of aryl methyl sites for hydroxylation is 1. The number of piperidine rings is 1. The van der Waals surface area contributed by atoms with Gasteiger partial charge in [0.2, 0.25) is 0 Å². The standard InChI is InChI=1S/C24H34N4/c1-20-6-3-8-24(21(20)2)28-14-9-23(10-15-28)27-13-5-12-26(16-17-27)19-22-7-4-11-25-18-22/h3-4,6-8,11,18,23H,5,9-10,12-17,19H2,1-2H3. The highest BCUT2D eigenvalue weighted by Crippen LogP contribution is 2.27. The highest BCUT2D eigenvalue weighted by Gasteiger charge is 2.27. The Bertz CT molecular complexity index is 752. The molecule has 0 unspecified atom stereocenters. The number of nitrogens with zero attached hydrogens (tertiary/aromatic N) is 4. The summed E-state index contributed by atoms with van der Waals surface area (Å²) < 4.78 is 0. The summed E-state index contributed by atoms with van der Waals surface area (Å²) in [6, 6.07) is 11.7. The van der Waals surface area contributed by atoms with E-state index in [4.69, 9.17) is 0 Å². The quantitative estimate of drug-likeness (QED) is 0.805. The van der Waals surface area contributed by atoms with Crippen LogP contribution in [0, 0.1) is 13.8 Å². The van der Waals surface area contributed by atoms with E-state index in [1.165, 1.54) is 80.9 Å². The van der Waals surface area contributed by atoms with Gasteiger partial charge in [-0.25, -0.2) is 0 Å². The molecule has 0 radical (unpaired) electrons. The molecule has 4 rings (SSSR count). The number of hydrogen-bond donors (Lipinski definition) is 0. The third kappa shape index (κ3) is 4.56. The van der Waals surface area contributed by atoms with Crippen LogP contribution in [-0.4, -0.2) is 60.1 Å². The van der Waals surface area contributed by atoms with Gasteiger partial charge in [-0.3, -0.25) is 14.8 Å². The van der Waals surface area contributed by atoms with Gasteiger partial charge in [-0.05, 0) is 75.0 Å². The van der Waals surface area contributed by atoms with E-state index >= 15 is 0 Å². The third-order valence-electron chi connectivity index (χ3n) is 6.65. The highest BCUT2D eigenvalue weighted by molar-refractivity contribution is 5.56. The van der Waals surface area contributed by atoms with Gasteiger partial charge in [-0.1, -0.05) is 18.2 Å². The van der Waals surface area contributed by atoms with Gasteiger partial charge in [-0.15, -0.1) is 0 Å². The van der Waals surface area contributed by atoms with E-state index in [1.807, 2.05) is 18.5 Å². The van der Waals surface area contributed by atoms with Crippen LogP contribution in [0.25, 0.3) is 0 Å². The maximum Gasteiger partial charge on any atom is 0.0398 e. The average Bonchev–Trinajstić information content (AvgIpc) is 2.97. The van der Waals surface area contributed by atoms with Gasteiger partial charge in [0.1, 0.15) is 0 Å². The summed E-state index contributed by atoms with van der Waals surface area (Å²) in [5.41, 5.74) is 5.62. The Kier molecular flexibility index (Phi) is 6.28. The summed E-state index contributed by atoms with van der Waals surface area (Å²) in [5.74, 6) is 0. The maximum atomic E-state index is 4.26. The molecular weight excluding hydrogens is 344 g/mol. The first-order valence-electron chi connectivity index (χ1n) is 10.9. The lowest BCUT2D eigenvalue weighted by atomic mass is 10.00. The van der Waals surface area contributed by atoms with Crippen LogP contribution in [-0.2, 0) is 6.54 Å². The van der Waals surface area contributed by atoms with Crippen LogP contribution in [0.2, 0.25) is 0 Å². The molecule has 1 aromatic carbocycles. The second-order valence-electron chi connectivity index (χ2n) is 8.46. The lowest BCUT2D eigenvalue weighted by Crippen LogP contribution is -2.46. The lowest BCUT2D eigenvalue weighted by molar-refractivity contribution is 0.171. The maximum absolute atomic E-state index is 4.26. The van der Waals surface area contributed by atoms with Crippen LogP contribution in [0.15, 0.2) is 42.7 Å². The van der Waals surface area contributed by atoms with Crippen molar-refractivity contribution in [3.8, 4) is 0 Å². The zero-order chi connectivity index (χ0) is 19.3. The molecule has 0 atom stereocenters. The van der Waals surface area contributed by atoms with Crippen molar-refractivity contribution in [1.29, 1.82) is 0 Å². The van der Waals surface area contributed by atoms with Crippen molar-refractivity contribution >= 4 is 5.69 Å². The predicted molar refractivity (Wildman–Crippen MR) is 117 cm³/mol. The van der Waals surface area contributed by atoms with Crippen LogP contribution >= 0.6 is 0 Å². The Hall–Kier alpha value is -1.91.